The summed E-state index contributed by atoms with van der Waals surface area (Å²) in [6, 6.07) is 3.37. The molecule has 146 valence electrons. The molecule has 2 unspecified atom stereocenters. The molecule has 2 atom stereocenters. The number of hydrogen-bond acceptors (Lipinski definition) is 3. The Hall–Kier alpha value is -1.80. The Labute approximate surface area is 157 Å². The molecule has 0 aliphatic heterocycles. The van der Waals surface area contributed by atoms with E-state index in [1.165, 1.54) is 6.07 Å². The summed E-state index contributed by atoms with van der Waals surface area (Å²) < 4.78 is 57.2. The molecule has 0 amide bonds. The zero-order valence-electron chi connectivity index (χ0n) is 15.6. The topological polar surface area (TPSA) is 64.0 Å². The third-order valence-corrected chi connectivity index (χ3v) is 7.55. The van der Waals surface area contributed by atoms with Crippen LogP contribution in [0.4, 0.5) is 8.78 Å². The number of nitrogens with one attached hydrogen (secondary N) is 1. The summed E-state index contributed by atoms with van der Waals surface area (Å²) in [5.74, 6) is -1.24. The van der Waals surface area contributed by atoms with Crippen LogP contribution in [0.1, 0.15) is 43.1 Å². The lowest BCUT2D eigenvalue weighted by atomic mass is 9.97. The third-order valence-electron chi connectivity index (χ3n) is 5.83. The molecule has 1 N–H and O–H groups in total. The molecule has 4 rings (SSSR count). The van der Waals surface area contributed by atoms with E-state index < -0.39 is 27.1 Å². The van der Waals surface area contributed by atoms with E-state index in [2.05, 4.69) is 9.82 Å². The van der Waals surface area contributed by atoms with Crippen LogP contribution < -0.4 is 4.72 Å². The van der Waals surface area contributed by atoms with Gasteiger partial charge in [0.25, 0.3) is 0 Å². The SMILES string of the molecule is Cc1nn(CC2CC2)c(C)c1S(=O)(=O)NC1CC1(C)c1ccc(F)c(F)c1. The summed E-state index contributed by atoms with van der Waals surface area (Å²) in [4.78, 5) is 0.225. The van der Waals surface area contributed by atoms with E-state index in [9.17, 15) is 17.2 Å². The first-order valence-corrected chi connectivity index (χ1v) is 10.6. The van der Waals surface area contributed by atoms with Gasteiger partial charge >= 0.3 is 0 Å². The number of benzene rings is 1. The molecule has 2 saturated carbocycles. The first-order valence-electron chi connectivity index (χ1n) is 9.13. The van der Waals surface area contributed by atoms with Gasteiger partial charge in [-0.1, -0.05) is 13.0 Å². The van der Waals surface area contributed by atoms with Gasteiger partial charge in [-0.05, 0) is 56.7 Å². The van der Waals surface area contributed by atoms with Crippen molar-refractivity contribution in [3.8, 4) is 0 Å². The maximum Gasteiger partial charge on any atom is 0.244 e. The van der Waals surface area contributed by atoms with Gasteiger partial charge in [0.2, 0.25) is 10.0 Å². The Morgan fingerprint density at radius 1 is 1.26 bits per heavy atom. The van der Waals surface area contributed by atoms with Gasteiger partial charge in [-0.3, -0.25) is 4.68 Å². The van der Waals surface area contributed by atoms with Crippen molar-refractivity contribution in [1.82, 2.24) is 14.5 Å². The molecule has 1 aromatic carbocycles. The Morgan fingerprint density at radius 2 is 1.96 bits per heavy atom. The van der Waals surface area contributed by atoms with Crippen molar-refractivity contribution in [2.24, 2.45) is 5.92 Å². The molecule has 0 radical (unpaired) electrons. The first-order chi connectivity index (χ1) is 12.6. The predicted molar refractivity (Wildman–Crippen MR) is 96.9 cm³/mol. The van der Waals surface area contributed by atoms with Crippen molar-refractivity contribution in [1.29, 1.82) is 0 Å². The molecule has 0 bridgehead atoms. The summed E-state index contributed by atoms with van der Waals surface area (Å²) in [6.07, 6.45) is 2.85. The smallest absolute Gasteiger partial charge is 0.244 e. The van der Waals surface area contributed by atoms with E-state index in [-0.39, 0.29) is 10.9 Å². The highest BCUT2D eigenvalue weighted by Gasteiger charge is 2.53. The van der Waals surface area contributed by atoms with Gasteiger partial charge < -0.3 is 0 Å². The number of sulfonamides is 1. The minimum absolute atomic E-state index is 0.225. The number of halogens is 2. The Balaban J connectivity index is 1.56. The van der Waals surface area contributed by atoms with E-state index >= 15 is 0 Å². The highest BCUT2D eigenvalue weighted by atomic mass is 32.2. The van der Waals surface area contributed by atoms with Crippen LogP contribution in [0.3, 0.4) is 0 Å². The Morgan fingerprint density at radius 3 is 2.59 bits per heavy atom. The average molecular weight is 395 g/mol. The molecular formula is C19H23F2N3O2S. The zero-order valence-corrected chi connectivity index (χ0v) is 16.4. The normalized spacial score (nSPS) is 25.0. The second-order valence-corrected chi connectivity index (χ2v) is 9.70. The quantitative estimate of drug-likeness (QED) is 0.817. The molecule has 1 heterocycles. The molecule has 0 saturated heterocycles. The summed E-state index contributed by atoms with van der Waals surface area (Å²) in [6.45, 7) is 6.08. The van der Waals surface area contributed by atoms with E-state index in [1.54, 1.807) is 18.5 Å². The fraction of sp³-hybridized carbons (Fsp3) is 0.526. The maximum atomic E-state index is 13.6. The summed E-state index contributed by atoms with van der Waals surface area (Å²) in [5, 5.41) is 4.41. The van der Waals surface area contributed by atoms with Crippen LogP contribution in [0.2, 0.25) is 0 Å². The molecular weight excluding hydrogens is 372 g/mol. The van der Waals surface area contributed by atoms with Crippen LogP contribution in [-0.2, 0) is 22.0 Å². The monoisotopic (exact) mass is 395 g/mol. The largest absolute Gasteiger partial charge is 0.268 e. The van der Waals surface area contributed by atoms with Crippen molar-refractivity contribution >= 4 is 10.0 Å². The second-order valence-electron chi connectivity index (χ2n) is 8.05. The van der Waals surface area contributed by atoms with Crippen LogP contribution in [0, 0.1) is 31.4 Å². The lowest BCUT2D eigenvalue weighted by Gasteiger charge is -2.14. The van der Waals surface area contributed by atoms with Crippen LogP contribution in [-0.4, -0.2) is 24.2 Å². The molecule has 8 heteroatoms. The number of aryl methyl sites for hydroxylation is 1. The molecule has 1 aromatic heterocycles. The predicted octanol–water partition coefficient (Wildman–Crippen LogP) is 3.20. The zero-order chi connectivity index (χ0) is 19.6. The number of nitrogens with zero attached hydrogens (tertiary/aromatic N) is 2. The average Bonchev–Trinajstić information content (AvgIpc) is 3.46. The lowest BCUT2D eigenvalue weighted by Crippen LogP contribution is -2.31. The molecule has 2 fully saturated rings. The summed E-state index contributed by atoms with van der Waals surface area (Å²) in [5.41, 5.74) is 1.16. The molecule has 2 aliphatic rings. The molecule has 2 aliphatic carbocycles. The van der Waals surface area contributed by atoms with Crippen molar-refractivity contribution in [2.45, 2.75) is 62.9 Å². The van der Waals surface area contributed by atoms with Gasteiger partial charge in [-0.15, -0.1) is 0 Å². The van der Waals surface area contributed by atoms with Crippen molar-refractivity contribution in [3.05, 3.63) is 46.8 Å². The highest BCUT2D eigenvalue weighted by Crippen LogP contribution is 2.49. The van der Waals surface area contributed by atoms with E-state index in [0.29, 0.717) is 29.3 Å². The van der Waals surface area contributed by atoms with Crippen LogP contribution in [0.25, 0.3) is 0 Å². The summed E-state index contributed by atoms with van der Waals surface area (Å²) >= 11 is 0. The standard InChI is InChI=1S/C19H23F2N3O2S/c1-11-18(12(2)24(22-11)10-13-4-5-13)27(25,26)23-17-9-19(17,3)14-6-7-15(20)16(21)8-14/h6-8,13,17,23H,4-5,9-10H2,1-3H3. The Kier molecular flexibility index (Phi) is 4.19. The summed E-state index contributed by atoms with van der Waals surface area (Å²) in [7, 11) is -3.75. The minimum Gasteiger partial charge on any atom is -0.268 e. The van der Waals surface area contributed by atoms with Crippen LogP contribution in [0.5, 0.6) is 0 Å². The lowest BCUT2D eigenvalue weighted by molar-refractivity contribution is 0.504. The molecule has 2 aromatic rings. The number of rotatable bonds is 6. The van der Waals surface area contributed by atoms with E-state index in [1.807, 2.05) is 6.92 Å². The molecule has 5 nitrogen and oxygen atoms in total. The maximum absolute atomic E-state index is 13.6. The fourth-order valence-electron chi connectivity index (χ4n) is 3.75. The minimum atomic E-state index is -3.75. The van der Waals surface area contributed by atoms with E-state index in [0.717, 1.165) is 31.5 Å². The van der Waals surface area contributed by atoms with Gasteiger partial charge in [0.1, 0.15) is 4.90 Å². The van der Waals surface area contributed by atoms with E-state index in [4.69, 9.17) is 0 Å². The van der Waals surface area contributed by atoms with Gasteiger partial charge in [0.05, 0.1) is 11.4 Å². The second kappa shape index (κ2) is 6.10. The van der Waals surface area contributed by atoms with Gasteiger partial charge in [-0.2, -0.15) is 5.10 Å². The number of hydrogen-bond donors (Lipinski definition) is 1. The van der Waals surface area contributed by atoms with Crippen LogP contribution in [0.15, 0.2) is 23.1 Å². The highest BCUT2D eigenvalue weighted by molar-refractivity contribution is 7.89. The van der Waals surface area contributed by atoms with Gasteiger partial charge in [-0.25, -0.2) is 21.9 Å². The van der Waals surface area contributed by atoms with Crippen molar-refractivity contribution < 1.29 is 17.2 Å². The van der Waals surface area contributed by atoms with Crippen molar-refractivity contribution in [3.63, 3.8) is 0 Å². The molecule has 27 heavy (non-hydrogen) atoms. The first kappa shape index (κ1) is 18.6. The van der Waals surface area contributed by atoms with Gasteiger partial charge in [0.15, 0.2) is 11.6 Å². The van der Waals surface area contributed by atoms with Crippen molar-refractivity contribution in [2.75, 3.05) is 0 Å². The molecule has 0 spiro atoms. The fourth-order valence-corrected chi connectivity index (χ4v) is 5.51. The third kappa shape index (κ3) is 3.29. The number of aromatic nitrogens is 2. The Bertz CT molecular complexity index is 1010. The van der Waals surface area contributed by atoms with Crippen LogP contribution >= 0.6 is 0 Å². The van der Waals surface area contributed by atoms with Gasteiger partial charge in [0, 0.05) is 18.0 Å².